The van der Waals surface area contributed by atoms with Gasteiger partial charge in [-0.3, -0.25) is 15.2 Å². The van der Waals surface area contributed by atoms with Crippen LogP contribution in [-0.2, 0) is 0 Å². The first-order valence-corrected chi connectivity index (χ1v) is 9.82. The van der Waals surface area contributed by atoms with E-state index in [0.29, 0.717) is 30.1 Å². The van der Waals surface area contributed by atoms with Crippen molar-refractivity contribution in [3.8, 4) is 0 Å². The van der Waals surface area contributed by atoms with E-state index in [1.165, 1.54) is 19.4 Å². The summed E-state index contributed by atoms with van der Waals surface area (Å²) in [4.78, 5) is 32.4. The van der Waals surface area contributed by atoms with Gasteiger partial charge in [0.25, 0.3) is 0 Å². The molecular formula is C21H20F3N7O. The highest BCUT2D eigenvalue weighted by atomic mass is 19.4. The van der Waals surface area contributed by atoms with Crippen LogP contribution in [0.4, 0.5) is 35.3 Å². The van der Waals surface area contributed by atoms with Crippen molar-refractivity contribution in [2.24, 2.45) is 4.99 Å². The first-order valence-electron chi connectivity index (χ1n) is 9.82. The zero-order valence-corrected chi connectivity index (χ0v) is 17.2. The minimum atomic E-state index is -4.58. The lowest BCUT2D eigenvalue weighted by Crippen LogP contribution is -2.48. The molecule has 0 radical (unpaired) electrons. The van der Waals surface area contributed by atoms with E-state index in [1.807, 2.05) is 0 Å². The Morgan fingerprint density at radius 3 is 2.84 bits per heavy atom. The lowest BCUT2D eigenvalue weighted by Gasteiger charge is -2.35. The molecule has 32 heavy (non-hydrogen) atoms. The largest absolute Gasteiger partial charge is 0.417 e. The van der Waals surface area contributed by atoms with Gasteiger partial charge in [0.2, 0.25) is 0 Å². The molecule has 1 N–H and O–H groups in total. The number of hydrogen-bond donors (Lipinski definition) is 1. The summed E-state index contributed by atoms with van der Waals surface area (Å²) in [7, 11) is 0. The number of urea groups is 1. The van der Waals surface area contributed by atoms with E-state index >= 15 is 0 Å². The van der Waals surface area contributed by atoms with Gasteiger partial charge >= 0.3 is 12.2 Å². The lowest BCUT2D eigenvalue weighted by atomic mass is 10.1. The van der Waals surface area contributed by atoms with E-state index in [0.717, 1.165) is 24.7 Å². The summed E-state index contributed by atoms with van der Waals surface area (Å²) < 4.78 is 39.7. The molecule has 1 saturated heterocycles. The number of pyridine rings is 1. The molecule has 2 aliphatic rings. The molecule has 2 amide bonds. The molecule has 2 aliphatic heterocycles. The summed E-state index contributed by atoms with van der Waals surface area (Å²) in [6.45, 7) is 6.05. The maximum absolute atomic E-state index is 13.2. The van der Waals surface area contributed by atoms with Crippen LogP contribution in [0.2, 0.25) is 0 Å². The van der Waals surface area contributed by atoms with Gasteiger partial charge in [-0.1, -0.05) is 0 Å². The van der Waals surface area contributed by atoms with Crippen LogP contribution >= 0.6 is 0 Å². The number of aromatic nitrogens is 3. The fourth-order valence-corrected chi connectivity index (χ4v) is 3.82. The standard InChI is InChI=1S/C21H20F3N7O/c1-13(9-14(10-25-2)21(22,23)24)16-3-4-17-19(28-16)31(15-6-8-30(17)11-15)20(32)29-18-5-7-26-12-27-18/h3-5,7,9-10,12,15H,2,6,8,11H2,1H3,(H,26,27,29,32)/b13-9+,14-10+/t15-/m0/s1. The van der Waals surface area contributed by atoms with Crippen molar-refractivity contribution in [3.63, 3.8) is 0 Å². The van der Waals surface area contributed by atoms with Crippen LogP contribution in [0.3, 0.4) is 0 Å². The molecule has 0 spiro atoms. The minimum absolute atomic E-state index is 0.105. The predicted octanol–water partition coefficient (Wildman–Crippen LogP) is 4.05. The van der Waals surface area contributed by atoms with Crippen molar-refractivity contribution in [3.05, 3.63) is 54.3 Å². The summed E-state index contributed by atoms with van der Waals surface area (Å²) >= 11 is 0. The van der Waals surface area contributed by atoms with Gasteiger partial charge in [0.05, 0.1) is 23.0 Å². The third kappa shape index (κ3) is 4.18. The van der Waals surface area contributed by atoms with Crippen LogP contribution in [0, 0.1) is 0 Å². The molecule has 1 fully saturated rings. The number of carbonyl (C=O) groups is 1. The average molecular weight is 443 g/mol. The molecule has 11 heteroatoms. The molecule has 1 atom stereocenters. The van der Waals surface area contributed by atoms with Crippen molar-refractivity contribution >= 4 is 35.6 Å². The summed E-state index contributed by atoms with van der Waals surface area (Å²) in [6, 6.07) is 4.49. The molecule has 4 rings (SSSR count). The van der Waals surface area contributed by atoms with E-state index in [9.17, 15) is 18.0 Å². The van der Waals surface area contributed by atoms with Gasteiger partial charge in [-0.2, -0.15) is 13.2 Å². The van der Waals surface area contributed by atoms with Crippen molar-refractivity contribution < 1.29 is 18.0 Å². The van der Waals surface area contributed by atoms with Gasteiger partial charge in [0.1, 0.15) is 12.1 Å². The smallest absolute Gasteiger partial charge is 0.366 e. The minimum Gasteiger partial charge on any atom is -0.366 e. The number of rotatable bonds is 4. The molecule has 166 valence electrons. The summed E-state index contributed by atoms with van der Waals surface area (Å²) in [6.07, 6.45) is 0.639. The van der Waals surface area contributed by atoms with Gasteiger partial charge in [-0.25, -0.2) is 19.7 Å². The second-order valence-corrected chi connectivity index (χ2v) is 7.41. The normalized spacial score (nSPS) is 18.4. The summed E-state index contributed by atoms with van der Waals surface area (Å²) in [5.74, 6) is 0.742. The first kappa shape index (κ1) is 21.5. The van der Waals surface area contributed by atoms with Crippen LogP contribution in [0.15, 0.2) is 53.6 Å². The first-order chi connectivity index (χ1) is 15.3. The predicted molar refractivity (Wildman–Crippen MR) is 116 cm³/mol. The van der Waals surface area contributed by atoms with E-state index in [1.54, 1.807) is 23.1 Å². The Morgan fingerprint density at radius 2 is 2.16 bits per heavy atom. The van der Waals surface area contributed by atoms with Crippen LogP contribution < -0.4 is 15.1 Å². The quantitative estimate of drug-likeness (QED) is 0.569. The average Bonchev–Trinajstić information content (AvgIpc) is 3.17. The molecule has 2 bridgehead atoms. The van der Waals surface area contributed by atoms with Gasteiger partial charge in [-0.15, -0.1) is 0 Å². The Morgan fingerprint density at radius 1 is 1.34 bits per heavy atom. The summed E-state index contributed by atoms with van der Waals surface area (Å²) in [5, 5.41) is 2.74. The number of amides is 2. The second-order valence-electron chi connectivity index (χ2n) is 7.41. The Balaban J connectivity index is 1.70. The molecule has 2 aromatic rings. The topological polar surface area (TPSA) is 86.6 Å². The molecule has 4 heterocycles. The van der Waals surface area contributed by atoms with Gasteiger partial charge < -0.3 is 4.90 Å². The van der Waals surface area contributed by atoms with E-state index < -0.39 is 17.8 Å². The Hall–Kier alpha value is -3.76. The zero-order valence-electron chi connectivity index (χ0n) is 17.2. The van der Waals surface area contributed by atoms with Crippen LogP contribution in [0.25, 0.3) is 5.57 Å². The van der Waals surface area contributed by atoms with Gasteiger partial charge in [0, 0.05) is 25.5 Å². The fourth-order valence-electron chi connectivity index (χ4n) is 3.82. The molecule has 0 aliphatic carbocycles. The number of carbonyl (C=O) groups excluding carboxylic acids is 1. The maximum Gasteiger partial charge on any atom is 0.417 e. The SMILES string of the molecule is C=N/C=C(\C=C(/C)c1ccc2c(n1)N(C(=O)Nc1ccncn1)[C@H]1CCN2C1)C(F)(F)F. The molecule has 0 saturated carbocycles. The third-order valence-corrected chi connectivity index (χ3v) is 5.32. The fraction of sp³-hybridized carbons (Fsp3) is 0.286. The molecular weight excluding hydrogens is 423 g/mol. The van der Waals surface area contributed by atoms with Crippen LogP contribution in [0.5, 0.6) is 0 Å². The number of nitrogens with one attached hydrogen (secondary N) is 1. The van der Waals surface area contributed by atoms with Gasteiger partial charge in [0.15, 0.2) is 5.82 Å². The number of allylic oxidation sites excluding steroid dienone is 3. The lowest BCUT2D eigenvalue weighted by molar-refractivity contribution is -0.0883. The van der Waals surface area contributed by atoms with Crippen molar-refractivity contribution in [1.82, 2.24) is 15.0 Å². The van der Waals surface area contributed by atoms with Crippen molar-refractivity contribution in [2.75, 3.05) is 28.2 Å². The monoisotopic (exact) mass is 443 g/mol. The van der Waals surface area contributed by atoms with Crippen LogP contribution in [0.1, 0.15) is 19.0 Å². The van der Waals surface area contributed by atoms with Crippen molar-refractivity contribution in [1.29, 1.82) is 0 Å². The van der Waals surface area contributed by atoms with E-state index in [2.05, 4.69) is 36.9 Å². The number of halogens is 3. The Labute approximate surface area is 182 Å². The number of alkyl halides is 3. The second kappa shape index (κ2) is 8.40. The highest BCUT2D eigenvalue weighted by Crippen LogP contribution is 2.40. The third-order valence-electron chi connectivity index (χ3n) is 5.32. The molecule has 8 nitrogen and oxygen atoms in total. The van der Waals surface area contributed by atoms with Crippen molar-refractivity contribution in [2.45, 2.75) is 25.6 Å². The Kier molecular flexibility index (Phi) is 5.64. The molecule has 2 aromatic heterocycles. The number of anilines is 3. The highest BCUT2D eigenvalue weighted by Gasteiger charge is 2.40. The van der Waals surface area contributed by atoms with Gasteiger partial charge in [-0.05, 0) is 49.9 Å². The highest BCUT2D eigenvalue weighted by molar-refractivity contribution is 6.04. The van der Waals surface area contributed by atoms with E-state index in [4.69, 9.17) is 0 Å². The molecule has 0 aromatic carbocycles. The zero-order chi connectivity index (χ0) is 22.9. The van der Waals surface area contributed by atoms with E-state index in [-0.39, 0.29) is 11.6 Å². The Bertz CT molecular complexity index is 1100. The molecule has 0 unspecified atom stereocenters. The maximum atomic E-state index is 13.2. The number of aliphatic imine (C=N–C) groups is 1. The number of hydrogen-bond acceptors (Lipinski definition) is 6. The number of nitrogens with zero attached hydrogens (tertiary/aromatic N) is 6. The summed E-state index contributed by atoms with van der Waals surface area (Å²) in [5.41, 5.74) is 0.425. The van der Waals surface area contributed by atoms with Crippen LogP contribution in [-0.4, -0.2) is 53.0 Å². The number of fused-ring (bicyclic) bond motifs is 4.